The largest absolute Gasteiger partial charge is 0.489 e. The maximum absolute atomic E-state index is 12.4. The summed E-state index contributed by atoms with van der Waals surface area (Å²) in [6, 6.07) is 18.6. The highest BCUT2D eigenvalue weighted by Gasteiger charge is 2.25. The minimum absolute atomic E-state index is 0.0631. The number of methoxy groups -OCH3 is 1. The lowest BCUT2D eigenvalue weighted by Gasteiger charge is -2.31. The number of nitrogens with zero attached hydrogens (tertiary/aromatic N) is 1. The van der Waals surface area contributed by atoms with E-state index >= 15 is 0 Å². The number of benzene rings is 2. The second-order valence-electron chi connectivity index (χ2n) is 7.83. The molecule has 1 unspecified atom stereocenters. The van der Waals surface area contributed by atoms with E-state index in [0.717, 1.165) is 38.2 Å². The fourth-order valence-corrected chi connectivity index (χ4v) is 3.70. The van der Waals surface area contributed by atoms with E-state index in [9.17, 15) is 4.79 Å². The molecule has 0 aliphatic carbocycles. The van der Waals surface area contributed by atoms with Crippen LogP contribution in [0.3, 0.4) is 0 Å². The zero-order valence-corrected chi connectivity index (χ0v) is 17.5. The SMILES string of the molecule is COCC(C)NC(=O)C1CCN(Cc2ccc(OCc3ccccc3)cc2)CC1. The van der Waals surface area contributed by atoms with Crippen LogP contribution in [0.25, 0.3) is 0 Å². The fourth-order valence-electron chi connectivity index (χ4n) is 3.70. The van der Waals surface area contributed by atoms with Crippen LogP contribution in [0.2, 0.25) is 0 Å². The van der Waals surface area contributed by atoms with Crippen molar-refractivity contribution in [3.8, 4) is 5.75 Å². The van der Waals surface area contributed by atoms with E-state index < -0.39 is 0 Å². The fraction of sp³-hybridized carbons (Fsp3) is 0.458. The molecule has 5 heteroatoms. The summed E-state index contributed by atoms with van der Waals surface area (Å²) in [5, 5.41) is 3.05. The summed E-state index contributed by atoms with van der Waals surface area (Å²) in [5.74, 6) is 1.16. The van der Waals surface area contributed by atoms with Gasteiger partial charge in [-0.2, -0.15) is 0 Å². The summed E-state index contributed by atoms with van der Waals surface area (Å²) in [7, 11) is 1.66. The molecule has 0 spiro atoms. The topological polar surface area (TPSA) is 50.8 Å². The van der Waals surface area contributed by atoms with Crippen molar-refractivity contribution >= 4 is 5.91 Å². The standard InChI is InChI=1S/C24H32N2O3/c1-19(17-28-2)25-24(27)22-12-14-26(15-13-22)16-20-8-10-23(11-9-20)29-18-21-6-4-3-5-7-21/h3-11,19,22H,12-18H2,1-2H3,(H,25,27). The van der Waals surface area contributed by atoms with Gasteiger partial charge < -0.3 is 14.8 Å². The summed E-state index contributed by atoms with van der Waals surface area (Å²) in [5.41, 5.74) is 2.44. The average Bonchev–Trinajstić information content (AvgIpc) is 2.74. The Morgan fingerprint density at radius 1 is 1.07 bits per heavy atom. The van der Waals surface area contributed by atoms with Gasteiger partial charge in [0.25, 0.3) is 0 Å². The van der Waals surface area contributed by atoms with E-state index in [2.05, 4.69) is 34.5 Å². The van der Waals surface area contributed by atoms with Gasteiger partial charge in [0, 0.05) is 25.6 Å². The van der Waals surface area contributed by atoms with Crippen molar-refractivity contribution in [1.82, 2.24) is 10.2 Å². The van der Waals surface area contributed by atoms with Crippen LogP contribution >= 0.6 is 0 Å². The lowest BCUT2D eigenvalue weighted by atomic mass is 9.95. The monoisotopic (exact) mass is 396 g/mol. The number of carbonyl (C=O) groups is 1. The van der Waals surface area contributed by atoms with E-state index in [0.29, 0.717) is 13.2 Å². The van der Waals surface area contributed by atoms with Crippen molar-refractivity contribution in [3.63, 3.8) is 0 Å². The van der Waals surface area contributed by atoms with Gasteiger partial charge in [0.05, 0.1) is 6.61 Å². The molecule has 0 aromatic heterocycles. The van der Waals surface area contributed by atoms with Gasteiger partial charge in [-0.1, -0.05) is 42.5 Å². The summed E-state index contributed by atoms with van der Waals surface area (Å²) in [4.78, 5) is 14.8. The molecular formula is C24H32N2O3. The number of likely N-dealkylation sites (tertiary alicyclic amines) is 1. The maximum atomic E-state index is 12.4. The number of piperidine rings is 1. The minimum atomic E-state index is 0.0631. The molecule has 5 nitrogen and oxygen atoms in total. The lowest BCUT2D eigenvalue weighted by Crippen LogP contribution is -2.44. The van der Waals surface area contributed by atoms with Crippen LogP contribution in [0, 0.1) is 5.92 Å². The zero-order chi connectivity index (χ0) is 20.5. The predicted octanol–water partition coefficient (Wildman–Crippen LogP) is 3.63. The highest BCUT2D eigenvalue weighted by atomic mass is 16.5. The highest BCUT2D eigenvalue weighted by Crippen LogP contribution is 2.21. The van der Waals surface area contributed by atoms with Crippen molar-refractivity contribution in [2.75, 3.05) is 26.8 Å². The van der Waals surface area contributed by atoms with Gasteiger partial charge in [0.15, 0.2) is 0 Å². The van der Waals surface area contributed by atoms with Crippen molar-refractivity contribution < 1.29 is 14.3 Å². The second kappa shape index (κ2) is 11.0. The Kier molecular flexibility index (Phi) is 8.08. The van der Waals surface area contributed by atoms with Crippen molar-refractivity contribution in [3.05, 3.63) is 65.7 Å². The van der Waals surface area contributed by atoms with Crippen LogP contribution in [0.5, 0.6) is 5.75 Å². The molecule has 1 aliphatic heterocycles. The lowest BCUT2D eigenvalue weighted by molar-refractivity contribution is -0.127. The van der Waals surface area contributed by atoms with Gasteiger partial charge in [-0.15, -0.1) is 0 Å². The van der Waals surface area contributed by atoms with Gasteiger partial charge >= 0.3 is 0 Å². The molecule has 0 bridgehead atoms. The Labute approximate surface area is 174 Å². The number of hydrogen-bond acceptors (Lipinski definition) is 4. The first-order chi connectivity index (χ1) is 14.1. The Morgan fingerprint density at radius 3 is 2.41 bits per heavy atom. The number of hydrogen-bond donors (Lipinski definition) is 1. The van der Waals surface area contributed by atoms with E-state index in [4.69, 9.17) is 9.47 Å². The third-order valence-electron chi connectivity index (χ3n) is 5.34. The summed E-state index contributed by atoms with van der Waals surface area (Å²) in [6.45, 7) is 5.91. The molecule has 2 aromatic carbocycles. The van der Waals surface area contributed by atoms with Gasteiger partial charge in [-0.05, 0) is 56.1 Å². The molecule has 1 amide bonds. The van der Waals surface area contributed by atoms with Crippen LogP contribution in [0.1, 0.15) is 30.9 Å². The number of ether oxygens (including phenoxy) is 2. The number of amides is 1. The molecule has 1 saturated heterocycles. The molecular weight excluding hydrogens is 364 g/mol. The van der Waals surface area contributed by atoms with Gasteiger partial charge in [-0.25, -0.2) is 0 Å². The normalized spacial score (nSPS) is 16.3. The molecule has 3 rings (SSSR count). The van der Waals surface area contributed by atoms with E-state index in [1.54, 1.807) is 7.11 Å². The Balaban J connectivity index is 1.40. The summed E-state index contributed by atoms with van der Waals surface area (Å²) >= 11 is 0. The molecule has 1 heterocycles. The molecule has 1 fully saturated rings. The molecule has 1 atom stereocenters. The molecule has 156 valence electrons. The van der Waals surface area contributed by atoms with Crippen LogP contribution in [0.15, 0.2) is 54.6 Å². The van der Waals surface area contributed by atoms with E-state index in [1.807, 2.05) is 37.3 Å². The molecule has 29 heavy (non-hydrogen) atoms. The van der Waals surface area contributed by atoms with Crippen molar-refractivity contribution in [1.29, 1.82) is 0 Å². The molecule has 0 saturated carbocycles. The van der Waals surface area contributed by atoms with Crippen molar-refractivity contribution in [2.24, 2.45) is 5.92 Å². The Bertz CT molecular complexity index is 740. The van der Waals surface area contributed by atoms with Crippen molar-refractivity contribution in [2.45, 2.75) is 39.0 Å². The summed E-state index contributed by atoms with van der Waals surface area (Å²) < 4.78 is 10.9. The van der Waals surface area contributed by atoms with Crippen LogP contribution < -0.4 is 10.1 Å². The number of carbonyl (C=O) groups excluding carboxylic acids is 1. The Hall–Kier alpha value is -2.37. The first-order valence-electron chi connectivity index (χ1n) is 10.4. The third-order valence-corrected chi connectivity index (χ3v) is 5.34. The first kappa shape index (κ1) is 21.3. The number of nitrogens with one attached hydrogen (secondary N) is 1. The van der Waals surface area contributed by atoms with Crippen LogP contribution in [-0.4, -0.2) is 43.7 Å². The van der Waals surface area contributed by atoms with Crippen LogP contribution in [0.4, 0.5) is 0 Å². The zero-order valence-electron chi connectivity index (χ0n) is 17.5. The first-order valence-corrected chi connectivity index (χ1v) is 10.4. The predicted molar refractivity (Wildman–Crippen MR) is 115 cm³/mol. The van der Waals surface area contributed by atoms with Gasteiger partial charge in [0.1, 0.15) is 12.4 Å². The average molecular weight is 397 g/mol. The maximum Gasteiger partial charge on any atom is 0.223 e. The third kappa shape index (κ3) is 6.87. The Morgan fingerprint density at radius 2 is 1.76 bits per heavy atom. The quantitative estimate of drug-likeness (QED) is 0.703. The van der Waals surface area contributed by atoms with E-state index in [-0.39, 0.29) is 17.9 Å². The summed E-state index contributed by atoms with van der Waals surface area (Å²) in [6.07, 6.45) is 1.81. The van der Waals surface area contributed by atoms with Gasteiger partial charge in [0.2, 0.25) is 5.91 Å². The highest BCUT2D eigenvalue weighted by molar-refractivity contribution is 5.79. The molecule has 1 aliphatic rings. The van der Waals surface area contributed by atoms with E-state index in [1.165, 1.54) is 11.1 Å². The molecule has 2 aromatic rings. The molecule has 0 radical (unpaired) electrons. The molecule has 1 N–H and O–H groups in total. The van der Waals surface area contributed by atoms with Crippen LogP contribution in [-0.2, 0) is 22.7 Å². The smallest absolute Gasteiger partial charge is 0.223 e. The minimum Gasteiger partial charge on any atom is -0.489 e. The number of rotatable bonds is 9. The van der Waals surface area contributed by atoms with Gasteiger partial charge in [-0.3, -0.25) is 9.69 Å². The second-order valence-corrected chi connectivity index (χ2v) is 7.83.